The predicted octanol–water partition coefficient (Wildman–Crippen LogP) is 20.0. The number of carbonyl (C=O) groups excluding carboxylic acids is 3. The maximum Gasteiger partial charge on any atom is 0.305 e. The Bertz CT molecular complexity index is 1380. The first-order valence-corrected chi connectivity index (χ1v) is 37.4. The number of esters is 3. The van der Waals surface area contributed by atoms with Crippen LogP contribution in [0.3, 0.4) is 0 Å². The predicted molar refractivity (Wildman–Crippen MR) is 349 cm³/mol. The summed E-state index contributed by atoms with van der Waals surface area (Å²) in [5.41, 5.74) is -2.76. The molecule has 0 radical (unpaired) electrons. The van der Waals surface area contributed by atoms with Gasteiger partial charge in [0.25, 0.3) is 0 Å². The Hall–Kier alpha value is 1.17. The smallest absolute Gasteiger partial charge is 0.305 e. The molecule has 1 saturated heterocycles. The van der Waals surface area contributed by atoms with Crippen LogP contribution in [0.4, 0.5) is 0 Å². The summed E-state index contributed by atoms with van der Waals surface area (Å²) in [4.78, 5) is 42.4. The number of halogens is 6. The van der Waals surface area contributed by atoms with Crippen LogP contribution in [-0.4, -0.2) is 103 Å². The molecule has 0 aromatic heterocycles. The lowest BCUT2D eigenvalue weighted by atomic mass is 9.68. The molecule has 0 aliphatic carbocycles. The van der Waals surface area contributed by atoms with E-state index in [0.717, 1.165) is 96.3 Å². The number of hydrogen-bond acceptors (Lipinski definition) is 9. The second kappa shape index (κ2) is 51.4. The van der Waals surface area contributed by atoms with Crippen molar-refractivity contribution < 1.29 is 43.5 Å². The molecule has 8 atom stereocenters. The first-order chi connectivity index (χ1) is 37.7. The van der Waals surface area contributed by atoms with Gasteiger partial charge in [0.2, 0.25) is 0 Å². The van der Waals surface area contributed by atoms with Gasteiger partial charge in [-0.15, -0.1) is 0 Å². The van der Waals surface area contributed by atoms with Gasteiger partial charge in [0.1, 0.15) is 19.8 Å². The molecule has 8 unspecified atom stereocenters. The quantitative estimate of drug-likeness (QED) is 0.0265. The van der Waals surface area contributed by atoms with Crippen molar-refractivity contribution in [3.05, 3.63) is 0 Å². The summed E-state index contributed by atoms with van der Waals surface area (Å²) < 4.78 is 23.6. The van der Waals surface area contributed by atoms with Crippen molar-refractivity contribution in [3.8, 4) is 0 Å². The van der Waals surface area contributed by atoms with Crippen molar-refractivity contribution in [3.63, 3.8) is 0 Å². The van der Waals surface area contributed by atoms with Crippen LogP contribution in [-0.2, 0) is 33.3 Å². The lowest BCUT2D eigenvalue weighted by Crippen LogP contribution is -2.63. The molecule has 0 bridgehead atoms. The summed E-state index contributed by atoms with van der Waals surface area (Å²) in [5, 5.41) is 23.1. The minimum absolute atomic E-state index is 0.0543. The van der Waals surface area contributed by atoms with Gasteiger partial charge in [-0.3, -0.25) is 14.4 Å². The van der Waals surface area contributed by atoms with Crippen LogP contribution in [0.25, 0.3) is 0 Å². The molecule has 0 spiro atoms. The molecule has 0 saturated carbocycles. The average molecular weight is 1500 g/mol. The van der Waals surface area contributed by atoms with Gasteiger partial charge in [0.05, 0.1) is 36.8 Å². The fourth-order valence-corrected chi connectivity index (χ4v) is 14.1. The highest BCUT2D eigenvalue weighted by atomic mass is 79.9. The Morgan fingerprint density at radius 1 is 0.385 bits per heavy atom. The molecule has 2 N–H and O–H groups in total. The third-order valence-corrected chi connectivity index (χ3v) is 24.8. The normalized spacial score (nSPS) is 20.0. The Morgan fingerprint density at radius 2 is 0.603 bits per heavy atom. The van der Waals surface area contributed by atoms with Gasteiger partial charge in [0, 0.05) is 48.2 Å². The number of hydrogen-bond donors (Lipinski definition) is 2. The molecule has 1 aliphatic heterocycles. The molecule has 0 aromatic rings. The number of carbonyl (C=O) groups is 3. The Morgan fingerprint density at radius 3 is 0.859 bits per heavy atom. The third-order valence-electron chi connectivity index (χ3n) is 16.1. The minimum Gasteiger partial charge on any atom is -0.465 e. The second-order valence-electron chi connectivity index (χ2n) is 23.4. The first-order valence-electron chi connectivity index (χ1n) is 31.9. The highest BCUT2D eigenvalue weighted by Crippen LogP contribution is 2.42. The molecule has 1 heterocycles. The number of unbranched alkanes of at least 4 members (excludes halogenated alkanes) is 27. The van der Waals surface area contributed by atoms with Crippen LogP contribution >= 0.6 is 95.6 Å². The van der Waals surface area contributed by atoms with Crippen molar-refractivity contribution in [1.82, 2.24) is 0 Å². The van der Waals surface area contributed by atoms with E-state index in [1.807, 2.05) is 0 Å². The van der Waals surface area contributed by atoms with E-state index < -0.39 is 41.4 Å². The van der Waals surface area contributed by atoms with Gasteiger partial charge in [-0.1, -0.05) is 309 Å². The fraction of sp³-hybridized carbons (Fsp3) is 0.952. The van der Waals surface area contributed by atoms with Crippen LogP contribution in [0.5, 0.6) is 0 Å². The number of aliphatic hydroxyl groups excluding tert-OH is 2. The zero-order valence-electron chi connectivity index (χ0n) is 49.5. The van der Waals surface area contributed by atoms with Gasteiger partial charge in [0.15, 0.2) is 0 Å². The summed E-state index contributed by atoms with van der Waals surface area (Å²) in [7, 11) is 0. The van der Waals surface area contributed by atoms with E-state index in [9.17, 15) is 24.6 Å². The highest BCUT2D eigenvalue weighted by molar-refractivity contribution is 9.13. The number of rotatable bonds is 55. The minimum atomic E-state index is -1.39. The van der Waals surface area contributed by atoms with Gasteiger partial charge < -0.3 is 29.2 Å². The van der Waals surface area contributed by atoms with Crippen LogP contribution in [0.2, 0.25) is 0 Å². The monoisotopic (exact) mass is 1490 g/mol. The molecule has 0 aromatic carbocycles. The van der Waals surface area contributed by atoms with Crippen LogP contribution < -0.4 is 0 Å². The largest absolute Gasteiger partial charge is 0.465 e. The molecule has 78 heavy (non-hydrogen) atoms. The molecule has 15 heteroatoms. The molecule has 1 fully saturated rings. The summed E-state index contributed by atoms with van der Waals surface area (Å²) >= 11 is 23.5. The van der Waals surface area contributed by atoms with Crippen molar-refractivity contribution >= 4 is 113 Å². The first kappa shape index (κ1) is 77.2. The van der Waals surface area contributed by atoms with E-state index in [0.29, 0.717) is 48.2 Å². The van der Waals surface area contributed by atoms with E-state index in [2.05, 4.69) is 116 Å². The topological polar surface area (TPSA) is 129 Å². The number of alkyl halides is 6. The average Bonchev–Trinajstić information content (AvgIpc) is 3.57. The summed E-state index contributed by atoms with van der Waals surface area (Å²) in [6.45, 7) is 5.31. The molecule has 1 aliphatic rings. The van der Waals surface area contributed by atoms with Crippen LogP contribution in [0, 0.1) is 10.8 Å². The van der Waals surface area contributed by atoms with Crippen molar-refractivity contribution in [2.45, 2.75) is 326 Å². The standard InChI is InChI=1S/C63H114Br6O9/c1-4-7-10-13-19-28-37-52(64)55(67)40-31-22-16-25-34-43-58(71)76-49-62(46-70)47-75-48-63(61(62)74,50-77-59(72)44-35-26-17-23-32-41-56(68)53(65)38-29-20-14-11-8-5-2)51-78-60(73)45-36-27-18-24-33-42-57(69)54(66)39-30-21-15-12-9-6-3/h52-57,61,70,74H,4-51H2,1-3H3. The zero-order valence-corrected chi connectivity index (χ0v) is 59.0. The Labute approximate surface area is 528 Å². The molecule has 9 nitrogen and oxygen atoms in total. The summed E-state index contributed by atoms with van der Waals surface area (Å²) in [6, 6.07) is 0. The molecular weight excluding hydrogens is 1380 g/mol. The van der Waals surface area contributed by atoms with Crippen molar-refractivity contribution in [2.24, 2.45) is 10.8 Å². The van der Waals surface area contributed by atoms with Gasteiger partial charge >= 0.3 is 17.9 Å². The van der Waals surface area contributed by atoms with E-state index in [-0.39, 0.29) is 52.3 Å². The Kier molecular flexibility index (Phi) is 50.9. The lowest BCUT2D eigenvalue weighted by Gasteiger charge is -2.49. The maximum absolute atomic E-state index is 13.3. The second-order valence-corrected chi connectivity index (χ2v) is 30.5. The molecular formula is C63H114Br6O9. The lowest BCUT2D eigenvalue weighted by molar-refractivity contribution is -0.238. The van der Waals surface area contributed by atoms with E-state index in [1.165, 1.54) is 135 Å². The van der Waals surface area contributed by atoms with Gasteiger partial charge in [-0.25, -0.2) is 0 Å². The summed E-state index contributed by atoms with van der Waals surface area (Å²) in [6.07, 6.45) is 44.5. The zero-order chi connectivity index (χ0) is 57.5. The number of ether oxygens (including phenoxy) is 4. The SMILES string of the molecule is CCCCCCCCC(Br)C(Br)CCCCCCCC(=O)OCC1(CO)COCC(COC(=O)CCCCCCCC(Br)C(Br)CCCCCCCC)(COC(=O)CCCCCCCC(Br)C(Br)CCCCCCCC)C1O. The van der Waals surface area contributed by atoms with E-state index >= 15 is 0 Å². The van der Waals surface area contributed by atoms with Crippen LogP contribution in [0.15, 0.2) is 0 Å². The fourth-order valence-electron chi connectivity index (χ4n) is 10.6. The van der Waals surface area contributed by atoms with Crippen LogP contribution in [0.1, 0.15) is 290 Å². The van der Waals surface area contributed by atoms with Gasteiger partial charge in [-0.2, -0.15) is 0 Å². The van der Waals surface area contributed by atoms with E-state index in [1.54, 1.807) is 0 Å². The molecule has 0 amide bonds. The van der Waals surface area contributed by atoms with Crippen molar-refractivity contribution in [1.29, 1.82) is 0 Å². The van der Waals surface area contributed by atoms with E-state index in [4.69, 9.17) is 18.9 Å². The maximum atomic E-state index is 13.3. The van der Waals surface area contributed by atoms with Gasteiger partial charge in [-0.05, 0) is 57.8 Å². The number of aliphatic hydroxyl groups is 2. The Balaban J connectivity index is 2.70. The summed E-state index contributed by atoms with van der Waals surface area (Å²) in [5.74, 6) is -1.18. The molecule has 1 rings (SSSR count). The highest BCUT2D eigenvalue weighted by Gasteiger charge is 2.56. The third kappa shape index (κ3) is 38.3. The van der Waals surface area contributed by atoms with Crippen molar-refractivity contribution in [2.75, 3.05) is 39.6 Å². The molecule has 462 valence electrons.